The molecule has 10 heteroatoms. The smallest absolute Gasteiger partial charge is 0.326 e. The van der Waals surface area contributed by atoms with E-state index < -0.39 is 27.5 Å². The molecule has 2 heterocycles. The lowest BCUT2D eigenvalue weighted by molar-refractivity contribution is -0.155. The third kappa shape index (κ3) is 5.24. The molecule has 1 N–H and O–H groups in total. The van der Waals surface area contributed by atoms with Gasteiger partial charge in [-0.3, -0.25) is 9.59 Å². The number of nitrogens with zero attached hydrogens (tertiary/aromatic N) is 2. The highest BCUT2D eigenvalue weighted by Gasteiger charge is 2.28. The summed E-state index contributed by atoms with van der Waals surface area (Å²) in [5, 5.41) is 0. The topological polar surface area (TPSA) is 99.8 Å². The molecule has 26 heavy (non-hydrogen) atoms. The second kappa shape index (κ2) is 8.01. The van der Waals surface area contributed by atoms with E-state index in [2.05, 4.69) is 4.98 Å². The summed E-state index contributed by atoms with van der Waals surface area (Å²) in [4.78, 5) is 28.2. The van der Waals surface area contributed by atoms with Crippen molar-refractivity contribution >= 4 is 33.7 Å². The Bertz CT molecular complexity index is 761. The van der Waals surface area contributed by atoms with Crippen LogP contribution in [0.3, 0.4) is 0 Å². The number of carbonyl (C=O) groups is 2. The van der Waals surface area contributed by atoms with Crippen molar-refractivity contribution in [2.24, 2.45) is 0 Å². The van der Waals surface area contributed by atoms with Crippen molar-refractivity contribution in [2.75, 3.05) is 38.2 Å². The monoisotopic (exact) mass is 403 g/mol. The molecule has 0 aliphatic carbocycles. The molecule has 0 saturated carbocycles. The molecule has 0 atom stereocenters. The molecular weight excluding hydrogens is 378 g/mol. The SMILES string of the molecule is CN(CC(=O)OC(C)(C)C)C(=O)c1cc(S(=O)(=O)N2CCSCC2)c[nH]1. The van der Waals surface area contributed by atoms with Gasteiger partial charge in [-0.1, -0.05) is 0 Å². The molecule has 8 nitrogen and oxygen atoms in total. The van der Waals surface area contributed by atoms with Gasteiger partial charge < -0.3 is 14.6 Å². The van der Waals surface area contributed by atoms with E-state index >= 15 is 0 Å². The van der Waals surface area contributed by atoms with Crippen LogP contribution in [-0.4, -0.2) is 78.3 Å². The third-order valence-electron chi connectivity index (χ3n) is 3.63. The maximum atomic E-state index is 12.6. The summed E-state index contributed by atoms with van der Waals surface area (Å²) >= 11 is 1.71. The summed E-state index contributed by atoms with van der Waals surface area (Å²) in [5.41, 5.74) is -0.525. The molecular formula is C16H25N3O5S2. The van der Waals surface area contributed by atoms with Crippen LogP contribution in [0, 0.1) is 0 Å². The summed E-state index contributed by atoms with van der Waals surface area (Å²) in [7, 11) is -2.16. The largest absolute Gasteiger partial charge is 0.459 e. The highest BCUT2D eigenvalue weighted by atomic mass is 32.2. The fourth-order valence-corrected chi connectivity index (χ4v) is 5.00. The summed E-state index contributed by atoms with van der Waals surface area (Å²) in [6, 6.07) is 1.31. The minimum atomic E-state index is -3.62. The quantitative estimate of drug-likeness (QED) is 0.741. The number of rotatable bonds is 5. The van der Waals surface area contributed by atoms with Crippen molar-refractivity contribution in [3.8, 4) is 0 Å². The maximum Gasteiger partial charge on any atom is 0.326 e. The van der Waals surface area contributed by atoms with Gasteiger partial charge >= 0.3 is 5.97 Å². The zero-order chi connectivity index (χ0) is 19.5. The number of ether oxygens (including phenoxy) is 1. The van der Waals surface area contributed by atoms with Crippen LogP contribution in [0.25, 0.3) is 0 Å². The van der Waals surface area contributed by atoms with Gasteiger partial charge in [0.05, 0.1) is 0 Å². The van der Waals surface area contributed by atoms with Gasteiger partial charge in [-0.15, -0.1) is 0 Å². The molecule has 1 aliphatic rings. The molecule has 1 aliphatic heterocycles. The van der Waals surface area contributed by atoms with Gasteiger partial charge in [-0.05, 0) is 26.8 Å². The average molecular weight is 404 g/mol. The lowest BCUT2D eigenvalue weighted by atomic mass is 10.2. The number of aromatic nitrogens is 1. The summed E-state index contributed by atoms with van der Waals surface area (Å²) in [5.74, 6) is 0.507. The van der Waals surface area contributed by atoms with Crippen LogP contribution < -0.4 is 0 Å². The fraction of sp³-hybridized carbons (Fsp3) is 0.625. The number of likely N-dealkylation sites (N-methyl/N-ethyl adjacent to an activating group) is 1. The number of amides is 1. The molecule has 1 fully saturated rings. The zero-order valence-electron chi connectivity index (χ0n) is 15.4. The van der Waals surface area contributed by atoms with Crippen LogP contribution in [0.5, 0.6) is 0 Å². The third-order valence-corrected chi connectivity index (χ3v) is 6.45. The Hall–Kier alpha value is -1.52. The van der Waals surface area contributed by atoms with E-state index in [1.165, 1.54) is 28.5 Å². The van der Waals surface area contributed by atoms with E-state index in [1.807, 2.05) is 0 Å². The Balaban J connectivity index is 2.06. The van der Waals surface area contributed by atoms with Crippen molar-refractivity contribution in [1.82, 2.24) is 14.2 Å². The molecule has 0 spiro atoms. The van der Waals surface area contributed by atoms with Crippen molar-refractivity contribution in [3.05, 3.63) is 18.0 Å². The van der Waals surface area contributed by atoms with E-state index in [4.69, 9.17) is 4.74 Å². The molecule has 1 aromatic heterocycles. The van der Waals surface area contributed by atoms with Gasteiger partial charge in [0.1, 0.15) is 22.7 Å². The highest BCUT2D eigenvalue weighted by molar-refractivity contribution is 7.99. The van der Waals surface area contributed by atoms with E-state index in [-0.39, 0.29) is 17.1 Å². The first-order chi connectivity index (χ1) is 12.0. The minimum absolute atomic E-state index is 0.0541. The van der Waals surface area contributed by atoms with Gasteiger partial charge in [-0.2, -0.15) is 16.1 Å². The number of H-pyrrole nitrogens is 1. The Morgan fingerprint density at radius 3 is 2.50 bits per heavy atom. The normalized spacial score (nSPS) is 16.3. The van der Waals surface area contributed by atoms with Gasteiger partial charge in [-0.25, -0.2) is 8.42 Å². The summed E-state index contributed by atoms with van der Waals surface area (Å²) < 4.78 is 31.9. The number of hydrogen-bond acceptors (Lipinski definition) is 6. The van der Waals surface area contributed by atoms with Crippen molar-refractivity contribution in [2.45, 2.75) is 31.3 Å². The van der Waals surface area contributed by atoms with Crippen LogP contribution in [0.1, 0.15) is 31.3 Å². The first kappa shape index (κ1) is 20.8. The second-order valence-electron chi connectivity index (χ2n) is 7.01. The number of sulfonamides is 1. The van der Waals surface area contributed by atoms with E-state index in [1.54, 1.807) is 32.5 Å². The minimum Gasteiger partial charge on any atom is -0.459 e. The van der Waals surface area contributed by atoms with Crippen molar-refractivity contribution in [1.29, 1.82) is 0 Å². The Morgan fingerprint density at radius 1 is 1.31 bits per heavy atom. The molecule has 0 radical (unpaired) electrons. The van der Waals surface area contributed by atoms with Crippen LogP contribution in [0.15, 0.2) is 17.2 Å². The van der Waals surface area contributed by atoms with Crippen molar-refractivity contribution < 1.29 is 22.7 Å². The molecule has 1 saturated heterocycles. The number of nitrogens with one attached hydrogen (secondary N) is 1. The Labute approximate surface area is 158 Å². The number of hydrogen-bond donors (Lipinski definition) is 1. The highest BCUT2D eigenvalue weighted by Crippen LogP contribution is 2.21. The van der Waals surface area contributed by atoms with Crippen LogP contribution >= 0.6 is 11.8 Å². The fourth-order valence-electron chi connectivity index (χ4n) is 2.43. The number of carbonyl (C=O) groups excluding carboxylic acids is 2. The molecule has 1 amide bonds. The molecule has 2 rings (SSSR count). The van der Waals surface area contributed by atoms with Crippen LogP contribution in [-0.2, 0) is 19.6 Å². The lowest BCUT2D eigenvalue weighted by Gasteiger charge is -2.25. The number of thioether (sulfide) groups is 1. The lowest BCUT2D eigenvalue weighted by Crippen LogP contribution is -2.37. The van der Waals surface area contributed by atoms with Gasteiger partial charge in [0.25, 0.3) is 5.91 Å². The maximum absolute atomic E-state index is 12.6. The molecule has 146 valence electrons. The van der Waals surface area contributed by atoms with Gasteiger partial charge in [0, 0.05) is 37.8 Å². The van der Waals surface area contributed by atoms with Crippen LogP contribution in [0.2, 0.25) is 0 Å². The zero-order valence-corrected chi connectivity index (χ0v) is 17.1. The predicted molar refractivity (Wildman–Crippen MR) is 99.7 cm³/mol. The van der Waals surface area contributed by atoms with E-state index in [0.717, 1.165) is 11.5 Å². The molecule has 0 aromatic carbocycles. The average Bonchev–Trinajstić information content (AvgIpc) is 3.03. The second-order valence-corrected chi connectivity index (χ2v) is 10.2. The summed E-state index contributed by atoms with van der Waals surface area (Å²) in [6.07, 6.45) is 1.31. The molecule has 0 unspecified atom stereocenters. The van der Waals surface area contributed by atoms with E-state index in [9.17, 15) is 18.0 Å². The predicted octanol–water partition coefficient (Wildman–Crippen LogP) is 1.17. The first-order valence-corrected chi connectivity index (χ1v) is 10.8. The van der Waals surface area contributed by atoms with Gasteiger partial charge in [0.15, 0.2) is 0 Å². The summed E-state index contributed by atoms with van der Waals surface area (Å²) in [6.45, 7) is 5.93. The molecule has 1 aromatic rings. The molecule has 0 bridgehead atoms. The number of aromatic amines is 1. The van der Waals surface area contributed by atoms with Crippen molar-refractivity contribution in [3.63, 3.8) is 0 Å². The Morgan fingerprint density at radius 2 is 1.92 bits per heavy atom. The standard InChI is InChI=1S/C16H25N3O5S2/c1-16(2,3)24-14(20)11-18(4)15(21)13-9-12(10-17-13)26(22,23)19-5-7-25-8-6-19/h9-10,17H,5-8,11H2,1-4H3. The van der Waals surface area contributed by atoms with Crippen LogP contribution in [0.4, 0.5) is 0 Å². The number of esters is 1. The van der Waals surface area contributed by atoms with Gasteiger partial charge in [0.2, 0.25) is 10.0 Å². The Kier molecular flexibility index (Phi) is 6.41. The first-order valence-electron chi connectivity index (χ1n) is 8.24. The van der Waals surface area contributed by atoms with E-state index in [0.29, 0.717) is 13.1 Å².